The highest BCUT2D eigenvalue weighted by atomic mass is 32.1. The highest BCUT2D eigenvalue weighted by Gasteiger charge is 2.48. The topological polar surface area (TPSA) is 83.0 Å². The number of anilines is 2. The van der Waals surface area contributed by atoms with E-state index in [4.69, 9.17) is 4.74 Å². The molecule has 7 nitrogen and oxygen atoms in total. The van der Waals surface area contributed by atoms with Gasteiger partial charge in [0.25, 0.3) is 5.78 Å². The normalized spacial score (nSPS) is 16.8. The molecule has 1 aliphatic heterocycles. The summed E-state index contributed by atoms with van der Waals surface area (Å²) in [6.07, 6.45) is 0.816. The Hall–Kier alpha value is -4.24. The second-order valence-electron chi connectivity index (χ2n) is 9.14. The van der Waals surface area contributed by atoms with Crippen molar-refractivity contribution in [1.29, 1.82) is 0 Å². The Labute approximate surface area is 223 Å². The maximum Gasteiger partial charge on any atom is 0.301 e. The number of thiazole rings is 1. The van der Waals surface area contributed by atoms with Crippen LogP contribution >= 0.6 is 11.3 Å². The molecule has 0 bridgehead atoms. The van der Waals surface area contributed by atoms with Gasteiger partial charge >= 0.3 is 5.91 Å². The smallest absolute Gasteiger partial charge is 0.301 e. The van der Waals surface area contributed by atoms with E-state index in [0.29, 0.717) is 33.7 Å². The average molecular weight is 532 g/mol. The van der Waals surface area contributed by atoms with Crippen molar-refractivity contribution < 1.29 is 23.8 Å². The van der Waals surface area contributed by atoms with E-state index in [-0.39, 0.29) is 16.5 Å². The molecule has 1 saturated heterocycles. The number of carbonyl (C=O) groups excluding carboxylic acids is 2. The number of Topliss-reactive ketones (excluding diaryl/α,β-unsaturated/α-hetero) is 1. The first-order valence-corrected chi connectivity index (χ1v) is 13.0. The van der Waals surface area contributed by atoms with Crippen molar-refractivity contribution in [3.05, 3.63) is 89.2 Å². The molecule has 1 fully saturated rings. The summed E-state index contributed by atoms with van der Waals surface area (Å²) in [5.41, 5.74) is 2.38. The van der Waals surface area contributed by atoms with Gasteiger partial charge in [0.05, 0.1) is 28.4 Å². The third-order valence-corrected chi connectivity index (χ3v) is 7.31. The third-order valence-electron chi connectivity index (χ3n) is 6.30. The second-order valence-corrected chi connectivity index (χ2v) is 10.1. The number of hydrogen-bond donors (Lipinski definition) is 1. The lowest BCUT2D eigenvalue weighted by Gasteiger charge is -2.23. The van der Waals surface area contributed by atoms with Gasteiger partial charge in [0.2, 0.25) is 0 Å². The number of aliphatic hydroxyl groups is 1. The fourth-order valence-corrected chi connectivity index (χ4v) is 5.42. The number of benzene rings is 3. The zero-order valence-electron chi connectivity index (χ0n) is 21.1. The van der Waals surface area contributed by atoms with Gasteiger partial charge in [0.1, 0.15) is 17.3 Å². The molecule has 4 aromatic rings. The zero-order valence-corrected chi connectivity index (χ0v) is 22.0. The minimum absolute atomic E-state index is 0.0503. The quantitative estimate of drug-likeness (QED) is 0.181. The van der Waals surface area contributed by atoms with Crippen LogP contribution in [-0.4, -0.2) is 42.5 Å². The van der Waals surface area contributed by atoms with Gasteiger partial charge in [-0.3, -0.25) is 14.5 Å². The van der Waals surface area contributed by atoms with E-state index in [1.54, 1.807) is 24.3 Å². The number of amides is 1. The van der Waals surface area contributed by atoms with E-state index in [2.05, 4.69) is 4.98 Å². The Kier molecular flexibility index (Phi) is 6.86. The second kappa shape index (κ2) is 10.3. The first-order chi connectivity index (χ1) is 18.3. The number of halogens is 1. The summed E-state index contributed by atoms with van der Waals surface area (Å²) < 4.78 is 20.1. The number of ketones is 1. The molecule has 1 atom stereocenters. The number of hydrogen-bond acceptors (Lipinski definition) is 7. The molecule has 0 saturated carbocycles. The fourth-order valence-electron chi connectivity index (χ4n) is 4.40. The monoisotopic (exact) mass is 531 g/mol. The van der Waals surface area contributed by atoms with Crippen LogP contribution in [0.5, 0.6) is 5.75 Å². The number of fused-ring (bicyclic) bond motifs is 1. The Morgan fingerprint density at radius 1 is 1.11 bits per heavy atom. The van der Waals surface area contributed by atoms with Crippen molar-refractivity contribution in [2.24, 2.45) is 0 Å². The highest BCUT2D eigenvalue weighted by Crippen LogP contribution is 2.44. The van der Waals surface area contributed by atoms with E-state index in [0.717, 1.165) is 23.4 Å². The number of nitrogens with zero attached hydrogens (tertiary/aromatic N) is 3. The molecule has 0 spiro atoms. The van der Waals surface area contributed by atoms with Gasteiger partial charge in [-0.15, -0.1) is 0 Å². The Morgan fingerprint density at radius 3 is 2.58 bits per heavy atom. The molecule has 0 aliphatic carbocycles. The lowest BCUT2D eigenvalue weighted by Crippen LogP contribution is -2.29. The van der Waals surface area contributed by atoms with Crippen molar-refractivity contribution >= 4 is 49.8 Å². The molecule has 2 heterocycles. The van der Waals surface area contributed by atoms with Crippen molar-refractivity contribution in [3.63, 3.8) is 0 Å². The predicted octanol–water partition coefficient (Wildman–Crippen LogP) is 5.92. The summed E-state index contributed by atoms with van der Waals surface area (Å²) in [7, 11) is 3.82. The highest BCUT2D eigenvalue weighted by molar-refractivity contribution is 7.22. The van der Waals surface area contributed by atoms with Gasteiger partial charge in [0.15, 0.2) is 5.13 Å². The first-order valence-electron chi connectivity index (χ1n) is 12.2. The summed E-state index contributed by atoms with van der Waals surface area (Å²) >= 11 is 1.11. The van der Waals surface area contributed by atoms with Crippen LogP contribution in [0.3, 0.4) is 0 Å². The van der Waals surface area contributed by atoms with Gasteiger partial charge < -0.3 is 14.7 Å². The van der Waals surface area contributed by atoms with E-state index >= 15 is 0 Å². The predicted molar refractivity (Wildman–Crippen MR) is 147 cm³/mol. The molecule has 3 aromatic carbocycles. The summed E-state index contributed by atoms with van der Waals surface area (Å²) in [6.45, 7) is 2.49. The van der Waals surface area contributed by atoms with Crippen LogP contribution in [0.2, 0.25) is 0 Å². The molecular weight excluding hydrogens is 505 g/mol. The molecule has 1 amide bonds. The minimum Gasteiger partial charge on any atom is -0.507 e. The molecule has 1 N–H and O–H groups in total. The molecule has 0 radical (unpaired) electrons. The Bertz CT molecular complexity index is 1560. The maximum absolute atomic E-state index is 13.9. The van der Waals surface area contributed by atoms with E-state index in [1.165, 1.54) is 23.1 Å². The van der Waals surface area contributed by atoms with Crippen LogP contribution in [0.1, 0.15) is 30.5 Å². The van der Waals surface area contributed by atoms with Crippen LogP contribution in [0, 0.1) is 5.82 Å². The summed E-state index contributed by atoms with van der Waals surface area (Å²) in [5.74, 6) is -1.82. The van der Waals surface area contributed by atoms with Crippen LogP contribution in [0.4, 0.5) is 15.2 Å². The van der Waals surface area contributed by atoms with E-state index < -0.39 is 23.5 Å². The lowest BCUT2D eigenvalue weighted by atomic mass is 9.95. The first kappa shape index (κ1) is 25.4. The summed E-state index contributed by atoms with van der Waals surface area (Å²) in [5, 5.41) is 11.7. The standard InChI is InChI=1S/C29H26FN3O4S/c1-4-14-37-21-7-5-6-18(15-21)26(34)24-25(17-8-11-20(12-9-17)32(2)3)33(28(36)27(24)35)29-31-22-13-10-19(30)16-23(22)38-29/h5-13,15-16,25,34H,4,14H2,1-3H3/b26-24+. The van der Waals surface area contributed by atoms with Gasteiger partial charge in [0, 0.05) is 25.3 Å². The maximum atomic E-state index is 13.9. The van der Waals surface area contributed by atoms with Crippen molar-refractivity contribution in [1.82, 2.24) is 4.98 Å². The average Bonchev–Trinajstić information content (AvgIpc) is 3.44. The van der Waals surface area contributed by atoms with Gasteiger partial charge in [-0.25, -0.2) is 9.37 Å². The van der Waals surface area contributed by atoms with Crippen LogP contribution in [-0.2, 0) is 9.59 Å². The Morgan fingerprint density at radius 2 is 1.87 bits per heavy atom. The van der Waals surface area contributed by atoms with Crippen LogP contribution in [0.15, 0.2) is 72.3 Å². The van der Waals surface area contributed by atoms with Crippen LogP contribution in [0.25, 0.3) is 16.0 Å². The number of aliphatic hydroxyl groups excluding tert-OH is 1. The van der Waals surface area contributed by atoms with Crippen molar-refractivity contribution in [2.75, 3.05) is 30.5 Å². The van der Waals surface area contributed by atoms with Crippen molar-refractivity contribution in [2.45, 2.75) is 19.4 Å². The third kappa shape index (κ3) is 4.61. The molecule has 38 heavy (non-hydrogen) atoms. The molecule has 5 rings (SSSR count). The Balaban J connectivity index is 1.68. The van der Waals surface area contributed by atoms with Crippen molar-refractivity contribution in [3.8, 4) is 5.75 Å². The summed E-state index contributed by atoms with van der Waals surface area (Å²) in [6, 6.07) is 17.4. The SMILES string of the molecule is CCCOc1cccc(/C(O)=C2\C(=O)C(=O)N(c3nc4ccc(F)cc4s3)C2c2ccc(N(C)C)cc2)c1. The summed E-state index contributed by atoms with van der Waals surface area (Å²) in [4.78, 5) is 34.7. The van der Waals surface area contributed by atoms with Crippen LogP contribution < -0.4 is 14.5 Å². The zero-order chi connectivity index (χ0) is 27.0. The number of aromatic nitrogens is 1. The molecule has 194 valence electrons. The molecule has 9 heteroatoms. The molecular formula is C29H26FN3O4S. The fraction of sp³-hybridized carbons (Fsp3) is 0.207. The molecule has 1 unspecified atom stereocenters. The molecule has 1 aliphatic rings. The largest absolute Gasteiger partial charge is 0.507 e. The van der Waals surface area contributed by atoms with E-state index in [1.807, 2.05) is 50.2 Å². The van der Waals surface area contributed by atoms with Gasteiger partial charge in [-0.1, -0.05) is 42.5 Å². The molecule has 1 aromatic heterocycles. The van der Waals surface area contributed by atoms with Gasteiger partial charge in [-0.2, -0.15) is 0 Å². The number of rotatable bonds is 7. The number of carbonyl (C=O) groups is 2. The van der Waals surface area contributed by atoms with Gasteiger partial charge in [-0.05, 0) is 54.4 Å². The minimum atomic E-state index is -0.933. The van der Waals surface area contributed by atoms with E-state index in [9.17, 15) is 19.1 Å². The lowest BCUT2D eigenvalue weighted by molar-refractivity contribution is -0.132. The number of ether oxygens (including phenoxy) is 1.